The smallest absolute Gasteiger partial charge is 0.214 e. The van der Waals surface area contributed by atoms with E-state index in [2.05, 4.69) is 46.2 Å². The Morgan fingerprint density at radius 2 is 1.83 bits per heavy atom. The Kier molecular flexibility index (Phi) is 9.46. The van der Waals surface area contributed by atoms with Crippen molar-refractivity contribution in [3.05, 3.63) is 24.4 Å². The average molecular weight is 337 g/mol. The van der Waals surface area contributed by atoms with Crippen molar-refractivity contribution in [2.75, 3.05) is 0 Å². The molecule has 0 aromatic carbocycles. The van der Waals surface area contributed by atoms with Gasteiger partial charge in [-0.1, -0.05) is 63.6 Å². The van der Waals surface area contributed by atoms with E-state index in [0.29, 0.717) is 12.0 Å². The maximum Gasteiger partial charge on any atom is 0.214 e. The van der Waals surface area contributed by atoms with Gasteiger partial charge in [-0.15, -0.1) is 13.2 Å². The molecular weight excluding hydrogens is 296 g/mol. The predicted octanol–water partition coefficient (Wildman–Crippen LogP) is 7.04. The van der Waals surface area contributed by atoms with E-state index < -0.39 is 8.32 Å². The Morgan fingerprint density at radius 1 is 1.17 bits per heavy atom. The molecule has 2 atom stereocenters. The third-order valence-electron chi connectivity index (χ3n) is 5.62. The molecule has 1 saturated carbocycles. The minimum absolute atomic E-state index is 0.349. The highest BCUT2D eigenvalue weighted by Gasteiger charge is 2.35. The fourth-order valence-electron chi connectivity index (χ4n) is 3.72. The molecule has 1 aliphatic carbocycles. The van der Waals surface area contributed by atoms with Crippen molar-refractivity contribution in [1.29, 1.82) is 0 Å². The molecule has 0 aromatic heterocycles. The van der Waals surface area contributed by atoms with E-state index in [-0.39, 0.29) is 0 Å². The van der Waals surface area contributed by atoms with Crippen molar-refractivity contribution in [3.63, 3.8) is 0 Å². The van der Waals surface area contributed by atoms with Crippen molar-refractivity contribution in [2.24, 2.45) is 11.8 Å². The number of hydrogen-bond donors (Lipinski definition) is 0. The molecule has 0 unspecified atom stereocenters. The number of hydrogen-bond acceptors (Lipinski definition) is 1. The summed E-state index contributed by atoms with van der Waals surface area (Å²) in [5.74, 6) is 1.16. The monoisotopic (exact) mass is 336 g/mol. The minimum atomic E-state index is -1.84. The molecule has 1 rings (SSSR count). The molecule has 1 aliphatic rings. The van der Waals surface area contributed by atoms with Gasteiger partial charge in [-0.05, 0) is 50.6 Å². The fraction of sp³-hybridized carbons (Fsp3) is 0.810. The summed E-state index contributed by atoms with van der Waals surface area (Å²) in [7, 11) is -1.84. The van der Waals surface area contributed by atoms with Gasteiger partial charge >= 0.3 is 0 Å². The summed E-state index contributed by atoms with van der Waals surface area (Å²) in [4.78, 5) is 0. The molecule has 1 nitrogen and oxygen atoms in total. The molecule has 0 N–H and O–H groups in total. The van der Waals surface area contributed by atoms with E-state index in [1.165, 1.54) is 63.0 Å². The van der Waals surface area contributed by atoms with Gasteiger partial charge in [-0.25, -0.2) is 0 Å². The van der Waals surface area contributed by atoms with Gasteiger partial charge in [0.05, 0.1) is 6.10 Å². The molecule has 0 radical (unpaired) electrons. The van der Waals surface area contributed by atoms with Crippen LogP contribution in [0.15, 0.2) is 24.4 Å². The first-order valence-electron chi connectivity index (χ1n) is 9.91. The molecule has 0 saturated heterocycles. The zero-order chi connectivity index (χ0) is 17.3. The van der Waals surface area contributed by atoms with Gasteiger partial charge < -0.3 is 4.43 Å². The normalized spacial score (nSPS) is 19.3. The highest BCUT2D eigenvalue weighted by molar-refractivity contribution is 6.78. The minimum Gasteiger partial charge on any atom is -0.410 e. The second-order valence-electron chi connectivity index (χ2n) is 8.00. The van der Waals surface area contributed by atoms with Crippen molar-refractivity contribution in [1.82, 2.24) is 0 Å². The van der Waals surface area contributed by atoms with Crippen molar-refractivity contribution in [3.8, 4) is 0 Å². The van der Waals surface area contributed by atoms with Gasteiger partial charge in [0, 0.05) is 0 Å². The van der Waals surface area contributed by atoms with Crippen molar-refractivity contribution >= 4 is 8.32 Å². The van der Waals surface area contributed by atoms with E-state index >= 15 is 0 Å². The summed E-state index contributed by atoms with van der Waals surface area (Å²) < 4.78 is 6.82. The van der Waals surface area contributed by atoms with Crippen LogP contribution in [0.25, 0.3) is 0 Å². The molecule has 134 valence electrons. The van der Waals surface area contributed by atoms with E-state index in [9.17, 15) is 0 Å². The zero-order valence-electron chi connectivity index (χ0n) is 16.2. The molecule has 0 amide bonds. The summed E-state index contributed by atoms with van der Waals surface area (Å²) >= 11 is 0. The second kappa shape index (κ2) is 10.5. The van der Waals surface area contributed by atoms with Crippen LogP contribution < -0.4 is 0 Å². The maximum absolute atomic E-state index is 6.82. The Bertz CT molecular complexity index is 355. The molecule has 23 heavy (non-hydrogen) atoms. The topological polar surface area (TPSA) is 9.23 Å². The Labute approximate surface area is 146 Å². The summed E-state index contributed by atoms with van der Waals surface area (Å²) in [5.41, 5.74) is 0. The number of rotatable bonds is 11. The van der Waals surface area contributed by atoms with Crippen LogP contribution in [0.5, 0.6) is 0 Å². The molecule has 2 heteroatoms. The van der Waals surface area contributed by atoms with Gasteiger partial charge in [0.2, 0.25) is 8.32 Å². The van der Waals surface area contributed by atoms with Crippen molar-refractivity contribution in [2.45, 2.75) is 97.3 Å². The van der Waals surface area contributed by atoms with Gasteiger partial charge in [-0.3, -0.25) is 0 Å². The Morgan fingerprint density at radius 3 is 2.39 bits per heavy atom. The SMILES string of the molecule is C=C[C@@H](C)[C@@H](O[Si](C)(C)C(=C)CCCCCC)C1CCCCC1. The third-order valence-corrected chi connectivity index (χ3v) is 8.43. The van der Waals surface area contributed by atoms with Crippen LogP contribution in [-0.4, -0.2) is 14.4 Å². The summed E-state index contributed by atoms with van der Waals surface area (Å²) in [6.45, 7) is 17.7. The van der Waals surface area contributed by atoms with E-state index in [0.717, 1.165) is 12.3 Å². The highest BCUT2D eigenvalue weighted by Crippen LogP contribution is 2.35. The van der Waals surface area contributed by atoms with E-state index in [1.807, 2.05) is 0 Å². The Hall–Kier alpha value is -0.343. The molecule has 0 aromatic rings. The van der Waals surface area contributed by atoms with Crippen LogP contribution in [0.2, 0.25) is 13.1 Å². The first kappa shape index (κ1) is 20.7. The molecule has 0 bridgehead atoms. The summed E-state index contributed by atoms with van der Waals surface area (Å²) in [6, 6.07) is 0. The molecular formula is C21H40OSi. The van der Waals surface area contributed by atoms with E-state index in [1.54, 1.807) is 0 Å². The van der Waals surface area contributed by atoms with Crippen molar-refractivity contribution < 1.29 is 4.43 Å². The Balaban J connectivity index is 2.63. The quantitative estimate of drug-likeness (QED) is 0.223. The summed E-state index contributed by atoms with van der Waals surface area (Å²) in [5, 5.41) is 1.39. The van der Waals surface area contributed by atoms with Crippen LogP contribution in [0.3, 0.4) is 0 Å². The molecule has 0 aliphatic heterocycles. The predicted molar refractivity (Wildman–Crippen MR) is 106 cm³/mol. The molecule has 0 heterocycles. The van der Waals surface area contributed by atoms with Gasteiger partial charge in [0.1, 0.15) is 0 Å². The number of unbranched alkanes of at least 4 members (excludes halogenated alkanes) is 3. The van der Waals surface area contributed by atoms with Gasteiger partial charge in [0.15, 0.2) is 0 Å². The van der Waals surface area contributed by atoms with Crippen LogP contribution in [0, 0.1) is 11.8 Å². The zero-order valence-corrected chi connectivity index (χ0v) is 17.2. The number of allylic oxidation sites excluding steroid dienone is 1. The van der Waals surface area contributed by atoms with Gasteiger partial charge in [-0.2, -0.15) is 0 Å². The van der Waals surface area contributed by atoms with Gasteiger partial charge in [0.25, 0.3) is 0 Å². The van der Waals surface area contributed by atoms with E-state index in [4.69, 9.17) is 4.43 Å². The lowest BCUT2D eigenvalue weighted by molar-refractivity contribution is 0.0720. The van der Waals surface area contributed by atoms with Crippen LogP contribution >= 0.6 is 0 Å². The largest absolute Gasteiger partial charge is 0.410 e. The molecule has 0 spiro atoms. The molecule has 1 fully saturated rings. The summed E-state index contributed by atoms with van der Waals surface area (Å²) in [6.07, 6.45) is 15.6. The lowest BCUT2D eigenvalue weighted by atomic mass is 9.81. The van der Waals surface area contributed by atoms with Crippen LogP contribution in [0.4, 0.5) is 0 Å². The standard InChI is InChI=1S/C21H40OSi/c1-7-9-10-12-15-19(4)23(5,6)22-21(18(3)8-2)20-16-13-11-14-17-20/h8,18,20-21H,2,4,7,9-17H2,1,3,5-6H3/t18-,21-/m1/s1. The second-order valence-corrected chi connectivity index (χ2v) is 12.0. The maximum atomic E-state index is 6.82. The first-order valence-corrected chi connectivity index (χ1v) is 12.8. The lowest BCUT2D eigenvalue weighted by Gasteiger charge is -2.39. The van der Waals surface area contributed by atoms with Crippen LogP contribution in [-0.2, 0) is 4.43 Å². The fourth-order valence-corrected chi connectivity index (χ4v) is 5.75. The third kappa shape index (κ3) is 6.97. The first-order chi connectivity index (χ1) is 10.9. The average Bonchev–Trinajstić information content (AvgIpc) is 2.56. The highest BCUT2D eigenvalue weighted by atomic mass is 28.4. The lowest BCUT2D eigenvalue weighted by Crippen LogP contribution is -2.43. The van der Waals surface area contributed by atoms with Crippen LogP contribution in [0.1, 0.15) is 78.1 Å².